The van der Waals surface area contributed by atoms with Crippen molar-refractivity contribution in [2.45, 2.75) is 31.7 Å². The van der Waals surface area contributed by atoms with E-state index in [2.05, 4.69) is 31.7 Å². The topological polar surface area (TPSA) is 123 Å². The van der Waals surface area contributed by atoms with Crippen LogP contribution in [0.3, 0.4) is 0 Å². The number of nitrogens with two attached hydrogens (primary N) is 1. The highest BCUT2D eigenvalue weighted by Crippen LogP contribution is 2.35. The molecule has 4 rings (SSSR count). The number of carboxylic acid groups (broad SMARTS) is 1. The number of rotatable bonds is 4. The van der Waals surface area contributed by atoms with Crippen LogP contribution in [0.1, 0.15) is 53.2 Å². The van der Waals surface area contributed by atoms with Crippen molar-refractivity contribution in [3.8, 4) is 11.8 Å². The van der Waals surface area contributed by atoms with Crippen LogP contribution in [0.25, 0.3) is 11.0 Å². The van der Waals surface area contributed by atoms with Gasteiger partial charge in [0.05, 0.1) is 17.5 Å². The van der Waals surface area contributed by atoms with Crippen LogP contribution in [0.4, 0.5) is 10.6 Å². The number of hydrogen-bond donors (Lipinski definition) is 3. The first kappa shape index (κ1) is 19.5. The summed E-state index contributed by atoms with van der Waals surface area (Å²) in [4.78, 5) is 32.3. The van der Waals surface area contributed by atoms with Crippen molar-refractivity contribution < 1.29 is 14.7 Å². The Balaban J connectivity index is 1.70. The lowest BCUT2D eigenvalue weighted by molar-refractivity contribution is 0.104. The van der Waals surface area contributed by atoms with Gasteiger partial charge in [0.25, 0.3) is 0 Å². The summed E-state index contributed by atoms with van der Waals surface area (Å²) in [7, 11) is 0. The van der Waals surface area contributed by atoms with Crippen LogP contribution < -0.4 is 11.1 Å². The fourth-order valence-electron chi connectivity index (χ4n) is 3.90. The van der Waals surface area contributed by atoms with Gasteiger partial charge in [-0.2, -0.15) is 0 Å². The maximum atomic E-state index is 13.3. The minimum atomic E-state index is -1.13. The number of amides is 1. The largest absolute Gasteiger partial charge is 0.465 e. The van der Waals surface area contributed by atoms with Gasteiger partial charge in [0.2, 0.25) is 0 Å². The Morgan fingerprint density at radius 1 is 1.27 bits per heavy atom. The van der Waals surface area contributed by atoms with Crippen LogP contribution in [0.2, 0.25) is 0 Å². The third-order valence-corrected chi connectivity index (χ3v) is 5.29. The van der Waals surface area contributed by atoms with Crippen molar-refractivity contribution in [3.05, 3.63) is 53.5 Å². The molecule has 0 aliphatic heterocycles. The summed E-state index contributed by atoms with van der Waals surface area (Å²) in [6, 6.07) is 7.24. The maximum Gasteiger partial charge on any atom is 0.405 e. The summed E-state index contributed by atoms with van der Waals surface area (Å²) >= 11 is 0. The van der Waals surface area contributed by atoms with E-state index < -0.39 is 6.09 Å². The Labute approximate surface area is 173 Å². The second kappa shape index (κ2) is 8.25. The van der Waals surface area contributed by atoms with Crippen molar-refractivity contribution in [1.29, 1.82) is 0 Å². The molecule has 0 bridgehead atoms. The molecule has 0 radical (unpaired) electrons. The third-order valence-electron chi connectivity index (χ3n) is 5.29. The molecule has 0 spiro atoms. The number of benzene rings is 1. The van der Waals surface area contributed by atoms with E-state index in [4.69, 9.17) is 10.8 Å². The molecule has 1 saturated carbocycles. The minimum absolute atomic E-state index is 0.0102. The summed E-state index contributed by atoms with van der Waals surface area (Å²) in [6.07, 6.45) is 6.57. The molecule has 2 heterocycles. The van der Waals surface area contributed by atoms with Crippen LogP contribution >= 0.6 is 0 Å². The van der Waals surface area contributed by atoms with Gasteiger partial charge < -0.3 is 20.7 Å². The van der Waals surface area contributed by atoms with E-state index in [1.54, 1.807) is 24.3 Å². The highest BCUT2D eigenvalue weighted by molar-refractivity contribution is 6.18. The van der Waals surface area contributed by atoms with E-state index in [9.17, 15) is 9.59 Å². The van der Waals surface area contributed by atoms with E-state index in [-0.39, 0.29) is 18.1 Å². The fourth-order valence-corrected chi connectivity index (χ4v) is 3.90. The molecule has 152 valence electrons. The van der Waals surface area contributed by atoms with E-state index in [0.717, 1.165) is 25.7 Å². The minimum Gasteiger partial charge on any atom is -0.465 e. The van der Waals surface area contributed by atoms with E-state index in [1.165, 1.54) is 6.33 Å². The molecule has 30 heavy (non-hydrogen) atoms. The normalized spacial score (nSPS) is 13.7. The lowest BCUT2D eigenvalue weighted by atomic mass is 10.0. The summed E-state index contributed by atoms with van der Waals surface area (Å²) in [6.45, 7) is 0.0102. The second-order valence-electron chi connectivity index (χ2n) is 7.22. The predicted molar refractivity (Wildman–Crippen MR) is 112 cm³/mol. The van der Waals surface area contributed by atoms with Crippen LogP contribution in [-0.4, -0.2) is 38.1 Å². The maximum absolute atomic E-state index is 13.3. The number of nitrogens with one attached hydrogen (secondary N) is 1. The van der Waals surface area contributed by atoms with Crippen molar-refractivity contribution >= 4 is 28.7 Å². The molecule has 1 amide bonds. The number of nitrogens with zero attached hydrogens (tertiary/aromatic N) is 3. The number of nitrogen functional groups attached to an aromatic ring is 1. The van der Waals surface area contributed by atoms with E-state index >= 15 is 0 Å². The first-order chi connectivity index (χ1) is 14.5. The predicted octanol–water partition coefficient (Wildman–Crippen LogP) is 2.98. The molecule has 0 saturated heterocycles. The first-order valence-electron chi connectivity index (χ1n) is 9.76. The number of aromatic nitrogens is 3. The number of anilines is 1. The molecule has 3 aromatic rings. The van der Waals surface area contributed by atoms with Crippen LogP contribution in [0, 0.1) is 11.8 Å². The van der Waals surface area contributed by atoms with Gasteiger partial charge in [0.1, 0.15) is 17.8 Å². The summed E-state index contributed by atoms with van der Waals surface area (Å²) in [5.41, 5.74) is 8.39. The highest BCUT2D eigenvalue weighted by Gasteiger charge is 2.25. The number of carbonyl (C=O) groups excluding carboxylic acids is 1. The molecule has 8 heteroatoms. The SMILES string of the molecule is Nc1ncnc2c1c(C(=O)c1cccc(C#CCNC(=O)O)c1)cn2C1CCCC1. The third kappa shape index (κ3) is 3.82. The standard InChI is InChI=1S/C22H21N5O3/c23-20-18-17(12-27(16-8-1-2-9-16)21(18)26-13-25-20)19(28)15-7-3-5-14(11-15)6-4-10-24-22(29)30/h3,5,7,11-13,16,24H,1-2,8-10H2,(H,29,30)(H2,23,25,26). The molecule has 4 N–H and O–H groups in total. The van der Waals surface area contributed by atoms with Gasteiger partial charge in [-0.1, -0.05) is 36.8 Å². The van der Waals surface area contributed by atoms with Gasteiger partial charge >= 0.3 is 6.09 Å². The second-order valence-corrected chi connectivity index (χ2v) is 7.22. The molecular weight excluding hydrogens is 382 g/mol. The zero-order chi connectivity index (χ0) is 21.1. The van der Waals surface area contributed by atoms with Crippen molar-refractivity contribution in [3.63, 3.8) is 0 Å². The van der Waals surface area contributed by atoms with Gasteiger partial charge in [-0.15, -0.1) is 0 Å². The van der Waals surface area contributed by atoms with Crippen LogP contribution in [0.15, 0.2) is 36.8 Å². The lowest BCUT2D eigenvalue weighted by Gasteiger charge is -2.12. The Hall–Kier alpha value is -3.86. The fraction of sp³-hybridized carbons (Fsp3) is 0.273. The summed E-state index contributed by atoms with van der Waals surface area (Å²) < 4.78 is 2.06. The monoisotopic (exact) mass is 403 g/mol. The highest BCUT2D eigenvalue weighted by atomic mass is 16.4. The molecular formula is C22H21N5O3. The zero-order valence-corrected chi connectivity index (χ0v) is 16.3. The number of hydrogen-bond acceptors (Lipinski definition) is 5. The summed E-state index contributed by atoms with van der Waals surface area (Å²) in [5, 5.41) is 11.4. The molecule has 1 aliphatic rings. The molecule has 1 fully saturated rings. The smallest absolute Gasteiger partial charge is 0.405 e. The number of ketones is 1. The van der Waals surface area contributed by atoms with E-state index in [1.807, 2.05) is 6.20 Å². The van der Waals surface area contributed by atoms with Crippen LogP contribution in [-0.2, 0) is 0 Å². The van der Waals surface area contributed by atoms with E-state index in [0.29, 0.717) is 33.8 Å². The number of fused-ring (bicyclic) bond motifs is 1. The van der Waals surface area contributed by atoms with Crippen LogP contribution in [0.5, 0.6) is 0 Å². The summed E-state index contributed by atoms with van der Waals surface area (Å²) in [5.74, 6) is 5.70. The number of carbonyl (C=O) groups is 2. The van der Waals surface area contributed by atoms with Crippen molar-refractivity contribution in [1.82, 2.24) is 19.9 Å². The Bertz CT molecular complexity index is 1180. The average Bonchev–Trinajstić information content (AvgIpc) is 3.39. The van der Waals surface area contributed by atoms with Gasteiger partial charge in [-0.05, 0) is 25.0 Å². The molecule has 1 aromatic carbocycles. The average molecular weight is 403 g/mol. The molecule has 0 atom stereocenters. The van der Waals surface area contributed by atoms with Crippen molar-refractivity contribution in [2.24, 2.45) is 0 Å². The Morgan fingerprint density at radius 3 is 2.83 bits per heavy atom. The zero-order valence-electron chi connectivity index (χ0n) is 16.3. The van der Waals surface area contributed by atoms with Gasteiger partial charge in [0, 0.05) is 23.4 Å². The molecule has 2 aromatic heterocycles. The lowest BCUT2D eigenvalue weighted by Crippen LogP contribution is -2.20. The van der Waals surface area contributed by atoms with Gasteiger partial charge in [0.15, 0.2) is 5.78 Å². The molecule has 8 nitrogen and oxygen atoms in total. The Kier molecular flexibility index (Phi) is 5.35. The van der Waals surface area contributed by atoms with Gasteiger partial charge in [-0.25, -0.2) is 14.8 Å². The van der Waals surface area contributed by atoms with Gasteiger partial charge in [-0.3, -0.25) is 4.79 Å². The molecule has 0 unspecified atom stereocenters. The Morgan fingerprint density at radius 2 is 2.07 bits per heavy atom. The quantitative estimate of drug-likeness (QED) is 0.455. The van der Waals surface area contributed by atoms with Crippen molar-refractivity contribution in [2.75, 3.05) is 12.3 Å². The first-order valence-corrected chi connectivity index (χ1v) is 9.76. The molecule has 1 aliphatic carbocycles.